The predicted octanol–water partition coefficient (Wildman–Crippen LogP) is 4.56. The summed E-state index contributed by atoms with van der Waals surface area (Å²) >= 11 is 0. The molecule has 0 aromatic heterocycles. The van der Waals surface area contributed by atoms with Crippen molar-refractivity contribution in [3.63, 3.8) is 0 Å². The van der Waals surface area contributed by atoms with Gasteiger partial charge in [0.15, 0.2) is 0 Å². The summed E-state index contributed by atoms with van der Waals surface area (Å²) in [5.41, 5.74) is 0. The Balaban J connectivity index is 2.96. The molecule has 0 saturated heterocycles. The molecule has 0 rings (SSSR count). The van der Waals surface area contributed by atoms with E-state index in [1.54, 1.807) is 0 Å². The van der Waals surface area contributed by atoms with E-state index >= 15 is 0 Å². The molecule has 0 aliphatic heterocycles. The third-order valence-electron chi connectivity index (χ3n) is 2.05. The third-order valence-corrected chi connectivity index (χ3v) is 2.05. The monoisotopic (exact) mass is 168 g/mol. The number of rotatable bonds is 7. The molecule has 0 aliphatic rings. The fraction of sp³-hybridized carbons (Fsp3) is 0.833. The van der Waals surface area contributed by atoms with Crippen LogP contribution in [-0.2, 0) is 0 Å². The summed E-state index contributed by atoms with van der Waals surface area (Å²) in [4.78, 5) is 0. The zero-order valence-corrected chi connectivity index (χ0v) is 8.97. The van der Waals surface area contributed by atoms with E-state index in [9.17, 15) is 0 Å². The molecule has 0 amide bonds. The van der Waals surface area contributed by atoms with Gasteiger partial charge in [0.1, 0.15) is 0 Å². The van der Waals surface area contributed by atoms with Gasteiger partial charge < -0.3 is 0 Å². The molecule has 0 atom stereocenters. The van der Waals surface area contributed by atoms with Gasteiger partial charge in [-0.15, -0.1) is 0 Å². The summed E-state index contributed by atoms with van der Waals surface area (Å²) in [6.45, 7) is 6.79. The highest BCUT2D eigenvalue weighted by Gasteiger charge is 1.92. The maximum Gasteiger partial charge on any atom is -0.0351 e. The minimum absolute atomic E-state index is 0.885. The number of allylic oxidation sites excluding steroid dienone is 2. The summed E-state index contributed by atoms with van der Waals surface area (Å²) in [5.74, 6) is 0.885. The summed E-state index contributed by atoms with van der Waals surface area (Å²) in [6.07, 6.45) is 12.7. The van der Waals surface area contributed by atoms with Gasteiger partial charge in [-0.05, 0) is 25.2 Å². The summed E-state index contributed by atoms with van der Waals surface area (Å²) in [7, 11) is 0. The van der Waals surface area contributed by atoms with Gasteiger partial charge in [0.05, 0.1) is 0 Å². The average Bonchev–Trinajstić information content (AvgIpc) is 2.02. The van der Waals surface area contributed by atoms with Gasteiger partial charge in [-0.25, -0.2) is 0 Å². The highest BCUT2D eigenvalue weighted by atomic mass is 14.0. The molecular weight excluding hydrogens is 144 g/mol. The highest BCUT2D eigenvalue weighted by molar-refractivity contribution is 4.79. The first-order valence-corrected chi connectivity index (χ1v) is 5.42. The fourth-order valence-electron chi connectivity index (χ4n) is 1.28. The second-order valence-electron chi connectivity index (χ2n) is 3.91. The van der Waals surface area contributed by atoms with E-state index in [4.69, 9.17) is 0 Å². The van der Waals surface area contributed by atoms with Crippen molar-refractivity contribution in [3.8, 4) is 0 Å². The van der Waals surface area contributed by atoms with Crippen LogP contribution in [0, 0.1) is 5.92 Å². The van der Waals surface area contributed by atoms with E-state index < -0.39 is 0 Å². The molecule has 72 valence electrons. The van der Waals surface area contributed by atoms with Crippen molar-refractivity contribution in [2.24, 2.45) is 5.92 Å². The maximum absolute atomic E-state index is 2.31. The SMILES string of the molecule is CC/C=C/CCCCCC(C)C. The van der Waals surface area contributed by atoms with Crippen molar-refractivity contribution in [1.82, 2.24) is 0 Å². The van der Waals surface area contributed by atoms with E-state index in [1.807, 2.05) is 0 Å². The molecular formula is C12H24. The maximum atomic E-state index is 2.31. The first-order chi connectivity index (χ1) is 5.77. The lowest BCUT2D eigenvalue weighted by molar-refractivity contribution is 0.528. The van der Waals surface area contributed by atoms with Crippen molar-refractivity contribution in [1.29, 1.82) is 0 Å². The molecule has 0 heterocycles. The topological polar surface area (TPSA) is 0 Å². The van der Waals surface area contributed by atoms with Crippen molar-refractivity contribution in [2.75, 3.05) is 0 Å². The van der Waals surface area contributed by atoms with Gasteiger partial charge in [-0.2, -0.15) is 0 Å². The van der Waals surface area contributed by atoms with E-state index in [0.29, 0.717) is 0 Å². The van der Waals surface area contributed by atoms with Crippen LogP contribution in [0.4, 0.5) is 0 Å². The molecule has 0 aromatic carbocycles. The molecule has 0 spiro atoms. The van der Waals surface area contributed by atoms with Crippen LogP contribution in [0.5, 0.6) is 0 Å². The van der Waals surface area contributed by atoms with Crippen LogP contribution in [0.1, 0.15) is 59.3 Å². The number of hydrogen-bond donors (Lipinski definition) is 0. The van der Waals surface area contributed by atoms with Crippen LogP contribution in [0.25, 0.3) is 0 Å². The third kappa shape index (κ3) is 9.74. The minimum atomic E-state index is 0.885. The second-order valence-corrected chi connectivity index (χ2v) is 3.91. The molecule has 0 fully saturated rings. The Hall–Kier alpha value is -0.260. The minimum Gasteiger partial charge on any atom is -0.0888 e. The summed E-state index contributed by atoms with van der Waals surface area (Å²) < 4.78 is 0. The summed E-state index contributed by atoms with van der Waals surface area (Å²) in [6, 6.07) is 0. The van der Waals surface area contributed by atoms with Crippen molar-refractivity contribution < 1.29 is 0 Å². The van der Waals surface area contributed by atoms with Gasteiger partial charge in [-0.3, -0.25) is 0 Å². The Labute approximate surface area is 78.1 Å². The first-order valence-electron chi connectivity index (χ1n) is 5.42. The van der Waals surface area contributed by atoms with Crippen molar-refractivity contribution in [2.45, 2.75) is 59.3 Å². The highest BCUT2D eigenvalue weighted by Crippen LogP contribution is 2.09. The van der Waals surface area contributed by atoms with Gasteiger partial charge in [0, 0.05) is 0 Å². The van der Waals surface area contributed by atoms with E-state index in [0.717, 1.165) is 5.92 Å². The zero-order valence-electron chi connectivity index (χ0n) is 8.97. The molecule has 0 nitrogen and oxygen atoms in total. The van der Waals surface area contributed by atoms with Crippen LogP contribution in [-0.4, -0.2) is 0 Å². The summed E-state index contributed by atoms with van der Waals surface area (Å²) in [5, 5.41) is 0. The Morgan fingerprint density at radius 2 is 1.75 bits per heavy atom. The second kappa shape index (κ2) is 8.83. The van der Waals surface area contributed by atoms with Gasteiger partial charge in [0.25, 0.3) is 0 Å². The Morgan fingerprint density at radius 1 is 1.00 bits per heavy atom. The van der Waals surface area contributed by atoms with Crippen LogP contribution in [0.15, 0.2) is 12.2 Å². The smallest absolute Gasteiger partial charge is 0.0351 e. The quantitative estimate of drug-likeness (QED) is 0.386. The first kappa shape index (κ1) is 11.7. The normalized spacial score (nSPS) is 11.7. The average molecular weight is 168 g/mol. The van der Waals surface area contributed by atoms with E-state index in [-0.39, 0.29) is 0 Å². The molecule has 0 saturated carbocycles. The Bertz CT molecular complexity index is 101. The van der Waals surface area contributed by atoms with Gasteiger partial charge >= 0.3 is 0 Å². The molecule has 0 heteroatoms. The van der Waals surface area contributed by atoms with Crippen LogP contribution >= 0.6 is 0 Å². The van der Waals surface area contributed by atoms with E-state index in [2.05, 4.69) is 32.9 Å². The van der Waals surface area contributed by atoms with Crippen molar-refractivity contribution >= 4 is 0 Å². The lowest BCUT2D eigenvalue weighted by Crippen LogP contribution is -1.86. The molecule has 0 unspecified atom stereocenters. The number of unbranched alkanes of at least 4 members (excludes halogenated alkanes) is 3. The Kier molecular flexibility index (Phi) is 8.64. The lowest BCUT2D eigenvalue weighted by Gasteiger charge is -2.02. The zero-order chi connectivity index (χ0) is 9.23. The van der Waals surface area contributed by atoms with Crippen molar-refractivity contribution in [3.05, 3.63) is 12.2 Å². The Morgan fingerprint density at radius 3 is 2.33 bits per heavy atom. The predicted molar refractivity (Wildman–Crippen MR) is 57.4 cm³/mol. The molecule has 12 heavy (non-hydrogen) atoms. The van der Waals surface area contributed by atoms with E-state index in [1.165, 1.54) is 38.5 Å². The molecule has 0 aliphatic carbocycles. The van der Waals surface area contributed by atoms with Crippen LogP contribution in [0.2, 0.25) is 0 Å². The van der Waals surface area contributed by atoms with Crippen LogP contribution < -0.4 is 0 Å². The lowest BCUT2D eigenvalue weighted by atomic mass is 10.0. The number of hydrogen-bond acceptors (Lipinski definition) is 0. The molecule has 0 bridgehead atoms. The van der Waals surface area contributed by atoms with Crippen LogP contribution in [0.3, 0.4) is 0 Å². The standard InChI is InChI=1S/C12H24/c1-4-5-6-7-8-9-10-11-12(2)3/h5-6,12H,4,7-11H2,1-3H3/b6-5+. The molecule has 0 radical (unpaired) electrons. The van der Waals surface area contributed by atoms with Gasteiger partial charge in [0.2, 0.25) is 0 Å². The molecule has 0 aromatic rings. The van der Waals surface area contributed by atoms with Gasteiger partial charge in [-0.1, -0.05) is 52.2 Å². The molecule has 0 N–H and O–H groups in total. The largest absolute Gasteiger partial charge is 0.0888 e. The fourth-order valence-corrected chi connectivity index (χ4v) is 1.28.